The van der Waals surface area contributed by atoms with E-state index in [0.29, 0.717) is 23.7 Å². The SMILES string of the molecule is COc1ccc(NC(=O)[C@@H]2CCCN(c3ccc(-c4cccc(C)c4)nn3)C2)cc1OC. The summed E-state index contributed by atoms with van der Waals surface area (Å²) in [6.07, 6.45) is 1.76. The molecule has 1 aliphatic rings. The lowest BCUT2D eigenvalue weighted by molar-refractivity contribution is -0.120. The number of hydrogen-bond donors (Lipinski definition) is 1. The number of carbonyl (C=O) groups is 1. The van der Waals surface area contributed by atoms with Crippen molar-refractivity contribution >= 4 is 17.4 Å². The first kappa shape index (κ1) is 21.6. The molecule has 0 bridgehead atoms. The fourth-order valence-corrected chi connectivity index (χ4v) is 4.01. The zero-order valence-electron chi connectivity index (χ0n) is 18.7. The summed E-state index contributed by atoms with van der Waals surface area (Å²) in [4.78, 5) is 15.1. The van der Waals surface area contributed by atoms with Gasteiger partial charge in [0.1, 0.15) is 0 Å². The van der Waals surface area contributed by atoms with Crippen molar-refractivity contribution in [2.45, 2.75) is 19.8 Å². The molecule has 166 valence electrons. The van der Waals surface area contributed by atoms with Crippen LogP contribution in [0.3, 0.4) is 0 Å². The summed E-state index contributed by atoms with van der Waals surface area (Å²) >= 11 is 0. The number of benzene rings is 2. The van der Waals surface area contributed by atoms with Crippen LogP contribution in [-0.2, 0) is 4.79 Å². The van der Waals surface area contributed by atoms with Crippen molar-refractivity contribution in [1.82, 2.24) is 10.2 Å². The van der Waals surface area contributed by atoms with Crippen molar-refractivity contribution in [3.63, 3.8) is 0 Å². The Morgan fingerprint density at radius 2 is 1.88 bits per heavy atom. The molecule has 1 N–H and O–H groups in total. The summed E-state index contributed by atoms with van der Waals surface area (Å²) in [7, 11) is 3.16. The number of aryl methyl sites for hydroxylation is 1. The summed E-state index contributed by atoms with van der Waals surface area (Å²) in [6.45, 7) is 3.53. The second kappa shape index (κ2) is 9.68. The molecule has 4 rings (SSSR count). The summed E-state index contributed by atoms with van der Waals surface area (Å²) in [5.41, 5.74) is 3.77. The van der Waals surface area contributed by atoms with Crippen LogP contribution in [0.2, 0.25) is 0 Å². The van der Waals surface area contributed by atoms with E-state index < -0.39 is 0 Å². The van der Waals surface area contributed by atoms with Crippen LogP contribution in [-0.4, -0.2) is 43.4 Å². The van der Waals surface area contributed by atoms with E-state index in [-0.39, 0.29) is 11.8 Å². The van der Waals surface area contributed by atoms with E-state index in [2.05, 4.69) is 39.5 Å². The standard InChI is InChI=1S/C25H28N4O3/c1-17-6-4-7-18(14-17)21-10-12-24(28-27-21)29-13-5-8-19(16-29)25(30)26-20-9-11-22(31-2)23(15-20)32-3/h4,6-7,9-12,14-15,19H,5,8,13,16H2,1-3H3,(H,26,30)/t19-/m1/s1. The fourth-order valence-electron chi connectivity index (χ4n) is 4.01. The number of carbonyl (C=O) groups excluding carboxylic acids is 1. The number of nitrogens with one attached hydrogen (secondary N) is 1. The van der Waals surface area contributed by atoms with Crippen LogP contribution in [0, 0.1) is 12.8 Å². The number of hydrogen-bond acceptors (Lipinski definition) is 6. The van der Waals surface area contributed by atoms with E-state index in [0.717, 1.165) is 36.5 Å². The Hall–Kier alpha value is -3.61. The number of nitrogens with zero attached hydrogens (tertiary/aromatic N) is 3. The van der Waals surface area contributed by atoms with Crippen LogP contribution < -0.4 is 19.7 Å². The third-order valence-corrected chi connectivity index (χ3v) is 5.73. The highest BCUT2D eigenvalue weighted by Crippen LogP contribution is 2.30. The number of methoxy groups -OCH3 is 2. The molecule has 0 spiro atoms. The molecule has 0 radical (unpaired) electrons. The molecule has 7 heteroatoms. The van der Waals surface area contributed by atoms with Gasteiger partial charge in [-0.1, -0.05) is 23.8 Å². The van der Waals surface area contributed by atoms with Crippen molar-refractivity contribution in [2.24, 2.45) is 5.92 Å². The second-order valence-electron chi connectivity index (χ2n) is 7.99. The number of anilines is 2. The van der Waals surface area contributed by atoms with Gasteiger partial charge in [-0.2, -0.15) is 0 Å². The molecule has 1 amide bonds. The predicted molar refractivity (Wildman–Crippen MR) is 125 cm³/mol. The summed E-state index contributed by atoms with van der Waals surface area (Å²) in [5, 5.41) is 11.9. The fraction of sp³-hybridized carbons (Fsp3) is 0.320. The zero-order chi connectivity index (χ0) is 22.5. The molecule has 0 unspecified atom stereocenters. The maximum absolute atomic E-state index is 12.9. The Bertz CT molecular complexity index is 1080. The molecule has 1 fully saturated rings. The van der Waals surface area contributed by atoms with Crippen molar-refractivity contribution in [2.75, 3.05) is 37.5 Å². The molecule has 1 aliphatic heterocycles. The molecule has 1 saturated heterocycles. The van der Waals surface area contributed by atoms with Gasteiger partial charge in [-0.05, 0) is 50.1 Å². The van der Waals surface area contributed by atoms with Crippen LogP contribution in [0.15, 0.2) is 54.6 Å². The first-order valence-electron chi connectivity index (χ1n) is 10.8. The minimum atomic E-state index is -0.130. The first-order valence-corrected chi connectivity index (χ1v) is 10.8. The topological polar surface area (TPSA) is 76.6 Å². The summed E-state index contributed by atoms with van der Waals surface area (Å²) < 4.78 is 10.6. The van der Waals surface area contributed by atoms with Crippen molar-refractivity contribution in [3.8, 4) is 22.8 Å². The second-order valence-corrected chi connectivity index (χ2v) is 7.99. The lowest BCUT2D eigenvalue weighted by atomic mass is 9.97. The average Bonchev–Trinajstić information content (AvgIpc) is 2.84. The molecule has 3 aromatic rings. The normalized spacial score (nSPS) is 15.8. The Labute approximate surface area is 188 Å². The Balaban J connectivity index is 1.42. The van der Waals surface area contributed by atoms with Gasteiger partial charge in [0.25, 0.3) is 0 Å². The van der Waals surface area contributed by atoms with Crippen molar-refractivity contribution in [3.05, 3.63) is 60.2 Å². The molecule has 0 aliphatic carbocycles. The number of piperidine rings is 1. The number of ether oxygens (including phenoxy) is 2. The molecular formula is C25H28N4O3. The number of aromatic nitrogens is 2. The zero-order valence-corrected chi connectivity index (χ0v) is 18.7. The van der Waals surface area contributed by atoms with E-state index in [9.17, 15) is 4.79 Å². The van der Waals surface area contributed by atoms with Gasteiger partial charge in [0, 0.05) is 30.4 Å². The number of amides is 1. The van der Waals surface area contributed by atoms with Gasteiger partial charge in [-0.15, -0.1) is 10.2 Å². The highest BCUT2D eigenvalue weighted by molar-refractivity contribution is 5.93. The third-order valence-electron chi connectivity index (χ3n) is 5.73. The third kappa shape index (κ3) is 4.82. The van der Waals surface area contributed by atoms with Gasteiger partial charge in [0.05, 0.1) is 25.8 Å². The van der Waals surface area contributed by atoms with E-state index >= 15 is 0 Å². The summed E-state index contributed by atoms with van der Waals surface area (Å²) in [5.74, 6) is 1.87. The molecular weight excluding hydrogens is 404 g/mol. The van der Waals surface area contributed by atoms with Crippen LogP contribution in [0.4, 0.5) is 11.5 Å². The minimum absolute atomic E-state index is 0.00809. The van der Waals surface area contributed by atoms with Crippen LogP contribution in [0.5, 0.6) is 11.5 Å². The van der Waals surface area contributed by atoms with Gasteiger partial charge in [0.2, 0.25) is 5.91 Å². The van der Waals surface area contributed by atoms with E-state index in [1.165, 1.54) is 5.56 Å². The van der Waals surface area contributed by atoms with E-state index in [1.54, 1.807) is 26.4 Å². The van der Waals surface area contributed by atoms with E-state index in [1.807, 2.05) is 30.3 Å². The van der Waals surface area contributed by atoms with Gasteiger partial charge in [-0.25, -0.2) is 0 Å². The smallest absolute Gasteiger partial charge is 0.229 e. The van der Waals surface area contributed by atoms with Crippen molar-refractivity contribution < 1.29 is 14.3 Å². The van der Waals surface area contributed by atoms with Gasteiger partial charge >= 0.3 is 0 Å². The molecule has 32 heavy (non-hydrogen) atoms. The molecule has 1 atom stereocenters. The number of rotatable bonds is 6. The van der Waals surface area contributed by atoms with Gasteiger partial charge in [0.15, 0.2) is 17.3 Å². The monoisotopic (exact) mass is 432 g/mol. The molecule has 2 aromatic carbocycles. The Morgan fingerprint density at radius 3 is 2.59 bits per heavy atom. The molecule has 2 heterocycles. The average molecular weight is 433 g/mol. The van der Waals surface area contributed by atoms with Crippen LogP contribution >= 0.6 is 0 Å². The van der Waals surface area contributed by atoms with Gasteiger partial charge < -0.3 is 19.7 Å². The lowest BCUT2D eigenvalue weighted by Crippen LogP contribution is -2.41. The van der Waals surface area contributed by atoms with Crippen LogP contribution in [0.1, 0.15) is 18.4 Å². The maximum atomic E-state index is 12.9. The van der Waals surface area contributed by atoms with Crippen LogP contribution in [0.25, 0.3) is 11.3 Å². The highest BCUT2D eigenvalue weighted by atomic mass is 16.5. The van der Waals surface area contributed by atoms with E-state index in [4.69, 9.17) is 9.47 Å². The first-order chi connectivity index (χ1) is 15.6. The predicted octanol–water partition coefficient (Wildman–Crippen LogP) is 4.32. The van der Waals surface area contributed by atoms with Gasteiger partial charge in [-0.3, -0.25) is 4.79 Å². The minimum Gasteiger partial charge on any atom is -0.493 e. The molecule has 0 saturated carbocycles. The maximum Gasteiger partial charge on any atom is 0.229 e. The molecule has 1 aromatic heterocycles. The quantitative estimate of drug-likeness (QED) is 0.625. The summed E-state index contributed by atoms with van der Waals surface area (Å²) in [6, 6.07) is 17.6. The highest BCUT2D eigenvalue weighted by Gasteiger charge is 2.27. The molecule has 7 nitrogen and oxygen atoms in total. The largest absolute Gasteiger partial charge is 0.493 e. The van der Waals surface area contributed by atoms with Crippen molar-refractivity contribution in [1.29, 1.82) is 0 Å². The lowest BCUT2D eigenvalue weighted by Gasteiger charge is -2.32. The Morgan fingerprint density at radius 1 is 1.03 bits per heavy atom. The Kier molecular flexibility index (Phi) is 6.54.